The predicted molar refractivity (Wildman–Crippen MR) is 88.3 cm³/mol. The Labute approximate surface area is 131 Å². The van der Waals surface area contributed by atoms with E-state index in [0.717, 1.165) is 24.9 Å². The van der Waals surface area contributed by atoms with Crippen molar-refractivity contribution < 1.29 is 9.53 Å². The Balaban J connectivity index is 1.89. The summed E-state index contributed by atoms with van der Waals surface area (Å²) < 4.78 is 5.13. The molecule has 2 rings (SSSR count). The second kappa shape index (κ2) is 7.41. The normalized spacial score (nSPS) is 20.9. The van der Waals surface area contributed by atoms with E-state index in [-0.39, 0.29) is 17.9 Å². The third-order valence-corrected chi connectivity index (χ3v) is 3.95. The lowest BCUT2D eigenvalue weighted by Crippen LogP contribution is -2.42. The number of hydrogen-bond acceptors (Lipinski definition) is 3. The fourth-order valence-electron chi connectivity index (χ4n) is 2.64. The summed E-state index contributed by atoms with van der Waals surface area (Å²) in [4.78, 5) is 11.9. The molecular formula is C16H22N2O2S. The zero-order valence-corrected chi connectivity index (χ0v) is 13.3. The van der Waals surface area contributed by atoms with E-state index in [9.17, 15) is 4.79 Å². The maximum atomic E-state index is 11.9. The molecule has 0 amide bonds. The molecule has 0 bridgehead atoms. The number of hydrogen-bond donors (Lipinski definition) is 2. The van der Waals surface area contributed by atoms with Crippen molar-refractivity contribution in [2.24, 2.45) is 5.92 Å². The average Bonchev–Trinajstić information content (AvgIpc) is 2.90. The molecule has 1 aromatic rings. The van der Waals surface area contributed by atoms with Gasteiger partial charge < -0.3 is 15.4 Å². The van der Waals surface area contributed by atoms with Crippen LogP contribution in [0.3, 0.4) is 0 Å². The van der Waals surface area contributed by atoms with Gasteiger partial charge in [-0.1, -0.05) is 24.1 Å². The number of benzene rings is 1. The molecule has 0 saturated heterocycles. The van der Waals surface area contributed by atoms with Crippen molar-refractivity contribution in [1.82, 2.24) is 5.32 Å². The Morgan fingerprint density at radius 1 is 1.33 bits per heavy atom. The number of aryl methyl sites for hydroxylation is 1. The van der Waals surface area contributed by atoms with E-state index in [1.807, 2.05) is 38.1 Å². The number of nitrogens with one attached hydrogen (secondary N) is 2. The van der Waals surface area contributed by atoms with Crippen LogP contribution in [0.1, 0.15) is 31.7 Å². The summed E-state index contributed by atoms with van der Waals surface area (Å²) in [6.07, 6.45) is 2.83. The molecule has 1 saturated carbocycles. The largest absolute Gasteiger partial charge is 0.466 e. The van der Waals surface area contributed by atoms with E-state index in [4.69, 9.17) is 17.0 Å². The Morgan fingerprint density at radius 2 is 2.05 bits per heavy atom. The molecule has 0 spiro atoms. The molecular weight excluding hydrogens is 284 g/mol. The maximum Gasteiger partial charge on any atom is 0.311 e. The highest BCUT2D eigenvalue weighted by molar-refractivity contribution is 7.80. The number of carbonyl (C=O) groups excluding carboxylic acids is 1. The SMILES string of the molecule is CCOC(=O)[C@@H]1CCC[C@@H]1NC(=S)Nc1ccc(C)cc1. The fourth-order valence-corrected chi connectivity index (χ4v) is 2.91. The third kappa shape index (κ3) is 4.43. The summed E-state index contributed by atoms with van der Waals surface area (Å²) in [6, 6.07) is 8.10. The van der Waals surface area contributed by atoms with Crippen LogP contribution in [-0.4, -0.2) is 23.7 Å². The molecule has 0 heterocycles. The fraction of sp³-hybridized carbons (Fsp3) is 0.500. The molecule has 1 aliphatic rings. The number of carbonyl (C=O) groups is 1. The Bertz CT molecular complexity index is 502. The van der Waals surface area contributed by atoms with Crippen LogP contribution >= 0.6 is 12.2 Å². The maximum absolute atomic E-state index is 11.9. The van der Waals surface area contributed by atoms with Crippen LogP contribution in [0.4, 0.5) is 5.69 Å². The van der Waals surface area contributed by atoms with Crippen LogP contribution in [0.25, 0.3) is 0 Å². The molecule has 21 heavy (non-hydrogen) atoms. The van der Waals surface area contributed by atoms with Crippen molar-refractivity contribution in [3.63, 3.8) is 0 Å². The average molecular weight is 306 g/mol. The van der Waals surface area contributed by atoms with Gasteiger partial charge in [0.15, 0.2) is 5.11 Å². The smallest absolute Gasteiger partial charge is 0.311 e. The van der Waals surface area contributed by atoms with Gasteiger partial charge in [-0.3, -0.25) is 4.79 Å². The Hall–Kier alpha value is -1.62. The van der Waals surface area contributed by atoms with Gasteiger partial charge in [0.2, 0.25) is 0 Å². The van der Waals surface area contributed by atoms with Crippen molar-refractivity contribution in [2.75, 3.05) is 11.9 Å². The standard InChI is InChI=1S/C16H22N2O2S/c1-3-20-15(19)13-5-4-6-14(13)18-16(21)17-12-9-7-11(2)8-10-12/h7-10,13-14H,3-6H2,1-2H3,(H2,17,18,21)/t13-,14+/m1/s1. The third-order valence-electron chi connectivity index (χ3n) is 3.73. The molecule has 0 aromatic heterocycles. The first-order valence-corrected chi connectivity index (χ1v) is 7.81. The van der Waals surface area contributed by atoms with Crippen molar-refractivity contribution >= 4 is 29.0 Å². The van der Waals surface area contributed by atoms with Crippen LogP contribution in [0, 0.1) is 12.8 Å². The highest BCUT2D eigenvalue weighted by Gasteiger charge is 2.34. The van der Waals surface area contributed by atoms with Gasteiger partial charge in [-0.15, -0.1) is 0 Å². The number of thiocarbonyl (C=S) groups is 1. The van der Waals surface area contributed by atoms with Gasteiger partial charge in [0.25, 0.3) is 0 Å². The summed E-state index contributed by atoms with van der Waals surface area (Å²) in [5.41, 5.74) is 2.15. The summed E-state index contributed by atoms with van der Waals surface area (Å²) in [5, 5.41) is 6.96. The van der Waals surface area contributed by atoms with E-state index in [2.05, 4.69) is 10.6 Å². The molecule has 1 fully saturated rings. The molecule has 0 radical (unpaired) electrons. The van der Waals surface area contributed by atoms with Gasteiger partial charge in [-0.2, -0.15) is 0 Å². The first-order valence-electron chi connectivity index (χ1n) is 7.41. The summed E-state index contributed by atoms with van der Waals surface area (Å²) >= 11 is 5.34. The molecule has 114 valence electrons. The van der Waals surface area contributed by atoms with Crippen LogP contribution < -0.4 is 10.6 Å². The lowest BCUT2D eigenvalue weighted by atomic mass is 10.0. The zero-order valence-electron chi connectivity index (χ0n) is 12.5. The van der Waals surface area contributed by atoms with E-state index in [0.29, 0.717) is 11.7 Å². The van der Waals surface area contributed by atoms with Crippen molar-refractivity contribution in [2.45, 2.75) is 39.2 Å². The zero-order chi connectivity index (χ0) is 15.2. The molecule has 0 unspecified atom stereocenters. The highest BCUT2D eigenvalue weighted by Crippen LogP contribution is 2.27. The lowest BCUT2D eigenvalue weighted by molar-refractivity contribution is -0.148. The van der Waals surface area contributed by atoms with Crippen molar-refractivity contribution in [3.05, 3.63) is 29.8 Å². The summed E-state index contributed by atoms with van der Waals surface area (Å²) in [6.45, 7) is 4.30. The van der Waals surface area contributed by atoms with E-state index in [1.165, 1.54) is 5.56 Å². The predicted octanol–water partition coefficient (Wildman–Crippen LogP) is 3.01. The molecule has 5 heteroatoms. The van der Waals surface area contributed by atoms with Crippen LogP contribution in [0.2, 0.25) is 0 Å². The molecule has 0 aliphatic heterocycles. The molecule has 1 aromatic carbocycles. The number of anilines is 1. The first kappa shape index (κ1) is 15.8. The summed E-state index contributed by atoms with van der Waals surface area (Å²) in [7, 11) is 0. The molecule has 4 nitrogen and oxygen atoms in total. The van der Waals surface area contributed by atoms with Crippen LogP contribution in [-0.2, 0) is 9.53 Å². The first-order chi connectivity index (χ1) is 10.1. The van der Waals surface area contributed by atoms with E-state index in [1.54, 1.807) is 0 Å². The van der Waals surface area contributed by atoms with Crippen LogP contribution in [0.15, 0.2) is 24.3 Å². The second-order valence-electron chi connectivity index (χ2n) is 5.36. The number of rotatable bonds is 4. The molecule has 1 aliphatic carbocycles. The molecule has 2 atom stereocenters. The van der Waals surface area contributed by atoms with Gasteiger partial charge in [0, 0.05) is 11.7 Å². The van der Waals surface area contributed by atoms with Crippen molar-refractivity contribution in [1.29, 1.82) is 0 Å². The van der Waals surface area contributed by atoms with Gasteiger partial charge in [-0.05, 0) is 51.0 Å². The lowest BCUT2D eigenvalue weighted by Gasteiger charge is -2.21. The van der Waals surface area contributed by atoms with Crippen LogP contribution in [0.5, 0.6) is 0 Å². The van der Waals surface area contributed by atoms with Gasteiger partial charge in [0.05, 0.1) is 12.5 Å². The van der Waals surface area contributed by atoms with E-state index >= 15 is 0 Å². The van der Waals surface area contributed by atoms with Gasteiger partial charge in [-0.25, -0.2) is 0 Å². The van der Waals surface area contributed by atoms with Crippen molar-refractivity contribution in [3.8, 4) is 0 Å². The Morgan fingerprint density at radius 3 is 2.71 bits per heavy atom. The minimum Gasteiger partial charge on any atom is -0.466 e. The molecule has 2 N–H and O–H groups in total. The van der Waals surface area contributed by atoms with E-state index < -0.39 is 0 Å². The van der Waals surface area contributed by atoms with Gasteiger partial charge >= 0.3 is 5.97 Å². The summed E-state index contributed by atoms with van der Waals surface area (Å²) in [5.74, 6) is -0.214. The topological polar surface area (TPSA) is 50.4 Å². The van der Waals surface area contributed by atoms with Gasteiger partial charge in [0.1, 0.15) is 0 Å². The highest BCUT2D eigenvalue weighted by atomic mass is 32.1. The second-order valence-corrected chi connectivity index (χ2v) is 5.77. The Kier molecular flexibility index (Phi) is 5.56. The number of ether oxygens (including phenoxy) is 1. The quantitative estimate of drug-likeness (QED) is 0.661. The minimum atomic E-state index is -0.120. The minimum absolute atomic E-state index is 0.0644. The monoisotopic (exact) mass is 306 g/mol. The number of esters is 1.